The number of benzene rings is 1. The van der Waals surface area contributed by atoms with E-state index >= 15 is 0 Å². The van der Waals surface area contributed by atoms with E-state index in [0.29, 0.717) is 10.9 Å². The maximum atomic E-state index is 11.6. The monoisotopic (exact) mass is 268 g/mol. The van der Waals surface area contributed by atoms with Gasteiger partial charge in [0.1, 0.15) is 0 Å². The van der Waals surface area contributed by atoms with Crippen molar-refractivity contribution in [2.75, 3.05) is 0 Å². The molecule has 0 aliphatic rings. The highest BCUT2D eigenvalue weighted by molar-refractivity contribution is 9.08. The molecule has 0 atom stereocenters. The van der Waals surface area contributed by atoms with Gasteiger partial charge in [0.05, 0.1) is 11.8 Å². The Labute approximate surface area is 98.1 Å². The van der Waals surface area contributed by atoms with Crippen molar-refractivity contribution in [1.29, 1.82) is 0 Å². The molecule has 0 amide bonds. The minimum Gasteiger partial charge on any atom is -0.431 e. The van der Waals surface area contributed by atoms with Gasteiger partial charge >= 0.3 is 5.97 Å². The molecule has 0 N–H and O–H groups in total. The van der Waals surface area contributed by atoms with E-state index in [2.05, 4.69) is 15.9 Å². The van der Waals surface area contributed by atoms with Gasteiger partial charge in [0, 0.05) is 5.33 Å². The molecule has 80 valence electrons. The Morgan fingerprint density at radius 1 is 1.53 bits per heavy atom. The van der Waals surface area contributed by atoms with Crippen LogP contribution in [0.5, 0.6) is 0 Å². The lowest BCUT2D eigenvalue weighted by atomic mass is 10.0. The van der Waals surface area contributed by atoms with Crippen LogP contribution in [0.3, 0.4) is 0 Å². The molecule has 1 aromatic rings. The summed E-state index contributed by atoms with van der Waals surface area (Å²) in [5, 5.41) is 0.653. The first-order chi connectivity index (χ1) is 7.20. The van der Waals surface area contributed by atoms with Crippen LogP contribution in [-0.4, -0.2) is 5.97 Å². The number of esters is 1. The van der Waals surface area contributed by atoms with E-state index in [1.165, 1.54) is 6.26 Å². The third-order valence-electron chi connectivity index (χ3n) is 2.07. The molecule has 0 saturated heterocycles. The molecular formula is C12H13BrO2. The van der Waals surface area contributed by atoms with E-state index in [9.17, 15) is 4.79 Å². The molecule has 3 heteroatoms. The van der Waals surface area contributed by atoms with E-state index in [1.807, 2.05) is 19.1 Å². The highest BCUT2D eigenvalue weighted by atomic mass is 79.9. The molecule has 2 nitrogen and oxygen atoms in total. The molecule has 1 rings (SSSR count). The molecule has 0 radical (unpaired) electrons. The van der Waals surface area contributed by atoms with Gasteiger partial charge in [-0.25, -0.2) is 4.79 Å². The third-order valence-corrected chi connectivity index (χ3v) is 2.64. The van der Waals surface area contributed by atoms with Crippen molar-refractivity contribution < 1.29 is 9.53 Å². The Balaban J connectivity index is 3.02. The number of aryl methyl sites for hydroxylation is 1. The molecule has 0 unspecified atom stereocenters. The lowest BCUT2D eigenvalue weighted by Gasteiger charge is -2.07. The molecule has 1 aromatic carbocycles. The number of rotatable bonds is 3. The smallest absolute Gasteiger partial charge is 0.343 e. The Morgan fingerprint density at radius 2 is 2.27 bits per heavy atom. The van der Waals surface area contributed by atoms with Crippen LogP contribution in [0, 0.1) is 6.92 Å². The van der Waals surface area contributed by atoms with Crippen molar-refractivity contribution in [3.63, 3.8) is 0 Å². The fraction of sp³-hybridized carbons (Fsp3) is 0.250. The second kappa shape index (κ2) is 5.71. The van der Waals surface area contributed by atoms with Crippen LogP contribution < -0.4 is 0 Å². The molecule has 15 heavy (non-hydrogen) atoms. The molecule has 0 fully saturated rings. The zero-order chi connectivity index (χ0) is 11.3. The summed E-state index contributed by atoms with van der Waals surface area (Å²) in [6.07, 6.45) is 3.07. The van der Waals surface area contributed by atoms with Gasteiger partial charge < -0.3 is 4.74 Å². The fourth-order valence-electron chi connectivity index (χ4n) is 1.26. The van der Waals surface area contributed by atoms with Crippen LogP contribution in [0.4, 0.5) is 0 Å². The summed E-state index contributed by atoms with van der Waals surface area (Å²) < 4.78 is 4.93. The predicted octanol–water partition coefficient (Wildman–Crippen LogP) is 3.58. The van der Waals surface area contributed by atoms with Gasteiger partial charge in [-0.1, -0.05) is 34.1 Å². The zero-order valence-corrected chi connectivity index (χ0v) is 10.4. The summed E-state index contributed by atoms with van der Waals surface area (Å²) in [6.45, 7) is 3.78. The van der Waals surface area contributed by atoms with Crippen LogP contribution in [0.1, 0.15) is 28.4 Å². The Hall–Kier alpha value is -1.09. The number of halogens is 1. The Kier molecular flexibility index (Phi) is 4.56. The SMILES string of the molecule is C/C=C/OC(=O)c1cccc(C)c1CBr. The van der Waals surface area contributed by atoms with Gasteiger partial charge in [0.2, 0.25) is 0 Å². The number of carbonyl (C=O) groups is 1. The second-order valence-corrected chi connectivity index (χ2v) is 3.67. The molecule has 0 spiro atoms. The van der Waals surface area contributed by atoms with Gasteiger partial charge in [-0.3, -0.25) is 0 Å². The molecule has 0 heterocycles. The number of ether oxygens (including phenoxy) is 1. The second-order valence-electron chi connectivity index (χ2n) is 3.11. The fourth-order valence-corrected chi connectivity index (χ4v) is 2.01. The van der Waals surface area contributed by atoms with Crippen molar-refractivity contribution in [3.8, 4) is 0 Å². The van der Waals surface area contributed by atoms with E-state index in [4.69, 9.17) is 4.74 Å². The van der Waals surface area contributed by atoms with Gasteiger partial charge in [-0.2, -0.15) is 0 Å². The first-order valence-corrected chi connectivity index (χ1v) is 5.79. The maximum absolute atomic E-state index is 11.6. The van der Waals surface area contributed by atoms with Crippen LogP contribution in [0.2, 0.25) is 0 Å². The summed E-state index contributed by atoms with van der Waals surface area (Å²) in [5.41, 5.74) is 2.68. The van der Waals surface area contributed by atoms with E-state index in [0.717, 1.165) is 11.1 Å². The molecule has 0 aliphatic carbocycles. The van der Waals surface area contributed by atoms with Crippen molar-refractivity contribution in [3.05, 3.63) is 47.2 Å². The number of hydrogen-bond donors (Lipinski definition) is 0. The van der Waals surface area contributed by atoms with Gasteiger partial charge in [-0.15, -0.1) is 0 Å². The van der Waals surface area contributed by atoms with Crippen LogP contribution in [0.15, 0.2) is 30.5 Å². The topological polar surface area (TPSA) is 26.3 Å². The molecule has 0 bridgehead atoms. The largest absolute Gasteiger partial charge is 0.431 e. The summed E-state index contributed by atoms with van der Waals surface area (Å²) in [5.74, 6) is -0.314. The van der Waals surface area contributed by atoms with Crippen molar-refractivity contribution in [2.45, 2.75) is 19.2 Å². The van der Waals surface area contributed by atoms with Crippen LogP contribution >= 0.6 is 15.9 Å². The molecule has 0 aromatic heterocycles. The summed E-state index contributed by atoms with van der Waals surface area (Å²) in [7, 11) is 0. The third kappa shape index (κ3) is 2.93. The van der Waals surface area contributed by atoms with Crippen LogP contribution in [0.25, 0.3) is 0 Å². The number of carbonyl (C=O) groups excluding carboxylic acids is 1. The van der Waals surface area contributed by atoms with Crippen molar-refractivity contribution in [1.82, 2.24) is 0 Å². The predicted molar refractivity (Wildman–Crippen MR) is 64.0 cm³/mol. The molecule has 0 aliphatic heterocycles. The average molecular weight is 269 g/mol. The summed E-state index contributed by atoms with van der Waals surface area (Å²) >= 11 is 3.37. The minimum absolute atomic E-state index is 0.314. The summed E-state index contributed by atoms with van der Waals surface area (Å²) in [6, 6.07) is 5.60. The molecular weight excluding hydrogens is 256 g/mol. The zero-order valence-electron chi connectivity index (χ0n) is 8.79. The van der Waals surface area contributed by atoms with Gasteiger partial charge in [0.15, 0.2) is 0 Å². The van der Waals surface area contributed by atoms with Crippen molar-refractivity contribution >= 4 is 21.9 Å². The van der Waals surface area contributed by atoms with Gasteiger partial charge in [-0.05, 0) is 31.0 Å². The maximum Gasteiger partial charge on any atom is 0.343 e. The molecule has 0 saturated carbocycles. The normalized spacial score (nSPS) is 10.6. The number of hydrogen-bond acceptors (Lipinski definition) is 2. The highest BCUT2D eigenvalue weighted by Crippen LogP contribution is 2.18. The number of allylic oxidation sites excluding steroid dienone is 1. The minimum atomic E-state index is -0.314. The first-order valence-electron chi connectivity index (χ1n) is 4.67. The van der Waals surface area contributed by atoms with E-state index in [-0.39, 0.29) is 5.97 Å². The standard InChI is InChI=1S/C12H13BrO2/c1-3-7-15-12(14)10-6-4-5-9(2)11(10)8-13/h3-7H,8H2,1-2H3/b7-3+. The van der Waals surface area contributed by atoms with E-state index < -0.39 is 0 Å². The summed E-state index contributed by atoms with van der Waals surface area (Å²) in [4.78, 5) is 11.6. The van der Waals surface area contributed by atoms with Crippen LogP contribution in [-0.2, 0) is 10.1 Å². The Bertz CT molecular complexity index is 383. The van der Waals surface area contributed by atoms with Crippen molar-refractivity contribution in [2.24, 2.45) is 0 Å². The highest BCUT2D eigenvalue weighted by Gasteiger charge is 2.12. The lowest BCUT2D eigenvalue weighted by molar-refractivity contribution is 0.0661. The first kappa shape index (κ1) is 12.0. The van der Waals surface area contributed by atoms with E-state index in [1.54, 1.807) is 19.1 Å². The lowest BCUT2D eigenvalue weighted by Crippen LogP contribution is -2.05. The quantitative estimate of drug-likeness (QED) is 0.476. The average Bonchev–Trinajstić information content (AvgIpc) is 2.25. The number of alkyl halides is 1. The van der Waals surface area contributed by atoms with Gasteiger partial charge in [0.25, 0.3) is 0 Å². The Morgan fingerprint density at radius 3 is 2.87 bits per heavy atom.